The van der Waals surface area contributed by atoms with E-state index in [1.807, 2.05) is 0 Å². The summed E-state index contributed by atoms with van der Waals surface area (Å²) in [6.07, 6.45) is 0. The first-order chi connectivity index (χ1) is 12.9. The molecule has 0 aromatic heterocycles. The van der Waals surface area contributed by atoms with Gasteiger partial charge in [-0.2, -0.15) is 0 Å². The van der Waals surface area contributed by atoms with Crippen LogP contribution in [0.3, 0.4) is 0 Å². The van der Waals surface area contributed by atoms with Gasteiger partial charge in [0.1, 0.15) is 0 Å². The zero-order chi connectivity index (χ0) is 19.3. The van der Waals surface area contributed by atoms with Crippen LogP contribution in [0.5, 0.6) is 0 Å². The van der Waals surface area contributed by atoms with E-state index in [2.05, 4.69) is 117 Å². The van der Waals surface area contributed by atoms with Gasteiger partial charge in [0.2, 0.25) is 16.6 Å². The van der Waals surface area contributed by atoms with Gasteiger partial charge in [-0.1, -0.05) is 91.0 Å². The largest absolute Gasteiger partial charge is 0.431 e. The van der Waals surface area contributed by atoms with E-state index in [1.165, 1.54) is 15.6 Å². The highest BCUT2D eigenvalue weighted by Gasteiger charge is 2.36. The predicted molar refractivity (Wildman–Crippen MR) is 123 cm³/mol. The van der Waals surface area contributed by atoms with Crippen molar-refractivity contribution in [2.45, 2.75) is 26.2 Å². The van der Waals surface area contributed by atoms with E-state index in [-0.39, 0.29) is 0 Å². The maximum atomic E-state index is 6.86. The van der Waals surface area contributed by atoms with Crippen molar-refractivity contribution >= 4 is 41.5 Å². The van der Waals surface area contributed by atoms with E-state index >= 15 is 0 Å². The molecule has 3 aromatic carbocycles. The number of rotatable bonds is 7. The average molecular weight is 409 g/mol. The molecule has 0 radical (unpaired) electrons. The Bertz CT molecular complexity index is 784. The van der Waals surface area contributed by atoms with Crippen molar-refractivity contribution in [2.75, 3.05) is 0 Å². The lowest BCUT2D eigenvalue weighted by Crippen LogP contribution is -2.58. The summed E-state index contributed by atoms with van der Waals surface area (Å²) in [6.45, 7) is 9.08. The molecule has 0 bridgehead atoms. The van der Waals surface area contributed by atoms with E-state index in [1.54, 1.807) is 0 Å². The molecule has 0 fully saturated rings. The van der Waals surface area contributed by atoms with Crippen molar-refractivity contribution in [1.82, 2.24) is 0 Å². The predicted octanol–water partition coefficient (Wildman–Crippen LogP) is 3.37. The summed E-state index contributed by atoms with van der Waals surface area (Å²) in [5.74, 6) is 0. The first-order valence-corrected chi connectivity index (χ1v) is 16.7. The van der Waals surface area contributed by atoms with Crippen molar-refractivity contribution in [1.29, 1.82) is 0 Å². The van der Waals surface area contributed by atoms with E-state index in [9.17, 15) is 0 Å². The van der Waals surface area contributed by atoms with Crippen LogP contribution in [0, 0.1) is 0 Å². The fraction of sp³-hybridized carbons (Fsp3) is 0.182. The summed E-state index contributed by atoms with van der Waals surface area (Å²) in [5.41, 5.74) is 0. The molecule has 0 saturated heterocycles. The van der Waals surface area contributed by atoms with Crippen LogP contribution >= 0.6 is 0 Å². The molecule has 3 rings (SSSR count). The average Bonchev–Trinajstić information content (AvgIpc) is 2.69. The summed E-state index contributed by atoms with van der Waals surface area (Å²) < 4.78 is 13.7. The Morgan fingerprint density at radius 2 is 0.852 bits per heavy atom. The van der Waals surface area contributed by atoms with Crippen LogP contribution in [0.2, 0.25) is 26.2 Å². The Morgan fingerprint density at radius 3 is 1.22 bits per heavy atom. The first kappa shape index (κ1) is 20.0. The van der Waals surface area contributed by atoms with Gasteiger partial charge in [0.05, 0.1) is 0 Å². The van der Waals surface area contributed by atoms with Gasteiger partial charge in [-0.3, -0.25) is 0 Å². The lowest BCUT2D eigenvalue weighted by atomic mass is 10.4. The fourth-order valence-corrected chi connectivity index (χ4v) is 12.7. The lowest BCUT2D eigenvalue weighted by Gasteiger charge is -2.34. The minimum Gasteiger partial charge on any atom is -0.431 e. The third-order valence-corrected chi connectivity index (χ3v) is 15.6. The third kappa shape index (κ3) is 5.15. The highest BCUT2D eigenvalue weighted by molar-refractivity contribution is 6.94. The lowest BCUT2D eigenvalue weighted by molar-refractivity contribution is 0.442. The van der Waals surface area contributed by atoms with Crippen LogP contribution in [0.25, 0.3) is 0 Å². The Kier molecular flexibility index (Phi) is 6.29. The van der Waals surface area contributed by atoms with Crippen LogP contribution in [-0.2, 0) is 8.23 Å². The van der Waals surface area contributed by atoms with Gasteiger partial charge in [0, 0.05) is 0 Å². The van der Waals surface area contributed by atoms with Crippen molar-refractivity contribution < 1.29 is 8.23 Å². The van der Waals surface area contributed by atoms with Gasteiger partial charge in [0.25, 0.3) is 0 Å². The van der Waals surface area contributed by atoms with Gasteiger partial charge < -0.3 is 8.23 Å². The van der Waals surface area contributed by atoms with Crippen LogP contribution in [-0.4, -0.2) is 25.9 Å². The summed E-state index contributed by atoms with van der Waals surface area (Å²) >= 11 is 0. The van der Waals surface area contributed by atoms with Gasteiger partial charge in [-0.05, 0) is 41.7 Å². The molecular formula is C22H28O2Si3. The maximum absolute atomic E-state index is 6.86. The van der Waals surface area contributed by atoms with Crippen LogP contribution < -0.4 is 15.6 Å². The Labute approximate surface area is 166 Å². The van der Waals surface area contributed by atoms with E-state index in [0.29, 0.717) is 0 Å². The zero-order valence-electron chi connectivity index (χ0n) is 16.6. The van der Waals surface area contributed by atoms with Crippen LogP contribution in [0.1, 0.15) is 0 Å². The zero-order valence-corrected chi connectivity index (χ0v) is 19.7. The Morgan fingerprint density at radius 1 is 0.519 bits per heavy atom. The Hall–Kier alpha value is -1.77. The van der Waals surface area contributed by atoms with Gasteiger partial charge in [-0.15, -0.1) is 0 Å². The van der Waals surface area contributed by atoms with Gasteiger partial charge in [0.15, 0.2) is 0 Å². The first-order valence-electron chi connectivity index (χ1n) is 9.40. The molecule has 0 heterocycles. The highest BCUT2D eigenvalue weighted by atomic mass is 28.4. The molecule has 0 aliphatic rings. The molecule has 0 aliphatic carbocycles. The molecule has 140 valence electrons. The van der Waals surface area contributed by atoms with Crippen molar-refractivity contribution in [3.63, 3.8) is 0 Å². The maximum Gasteiger partial charge on any atom is 0.335 e. The summed E-state index contributed by atoms with van der Waals surface area (Å²) in [4.78, 5) is 0. The van der Waals surface area contributed by atoms with Crippen LogP contribution in [0.4, 0.5) is 0 Å². The van der Waals surface area contributed by atoms with E-state index in [0.717, 1.165) is 0 Å². The smallest absolute Gasteiger partial charge is 0.335 e. The van der Waals surface area contributed by atoms with Crippen LogP contribution in [0.15, 0.2) is 91.0 Å². The molecule has 3 aromatic rings. The number of hydrogen-bond acceptors (Lipinski definition) is 2. The van der Waals surface area contributed by atoms with Crippen molar-refractivity contribution in [2.24, 2.45) is 0 Å². The molecule has 0 spiro atoms. The minimum absolute atomic E-state index is 1.21. The molecule has 0 atom stereocenters. The molecule has 0 saturated carbocycles. The molecular weight excluding hydrogens is 380 g/mol. The second kappa shape index (κ2) is 8.50. The SMILES string of the molecule is C[Si](C)(O[SiH](O[Si](C)(C)c1ccccc1)c1ccccc1)c1ccccc1. The molecule has 0 amide bonds. The molecule has 27 heavy (non-hydrogen) atoms. The molecule has 0 unspecified atom stereocenters. The topological polar surface area (TPSA) is 18.5 Å². The van der Waals surface area contributed by atoms with Crippen molar-refractivity contribution in [3.8, 4) is 0 Å². The fourth-order valence-electron chi connectivity index (χ4n) is 3.12. The molecule has 2 nitrogen and oxygen atoms in total. The minimum atomic E-state index is -2.07. The summed E-state index contributed by atoms with van der Waals surface area (Å²) in [7, 11) is -6.19. The quantitative estimate of drug-likeness (QED) is 0.558. The Balaban J connectivity index is 1.90. The number of benzene rings is 3. The standard InChI is InChI=1S/C22H28O2Si3/c1-26(2,21-16-10-6-11-17-21)23-25(20-14-8-5-9-15-20)24-27(3,4)22-18-12-7-13-19-22/h5-19,25H,1-4H3. The van der Waals surface area contributed by atoms with E-state index in [4.69, 9.17) is 8.23 Å². The number of hydrogen-bond donors (Lipinski definition) is 0. The molecule has 0 N–H and O–H groups in total. The van der Waals surface area contributed by atoms with Gasteiger partial charge >= 0.3 is 9.28 Å². The molecule has 0 aliphatic heterocycles. The summed E-state index contributed by atoms with van der Waals surface area (Å²) in [6, 6.07) is 31.7. The highest BCUT2D eigenvalue weighted by Crippen LogP contribution is 2.13. The second-order valence-corrected chi connectivity index (χ2v) is 18.1. The third-order valence-electron chi connectivity index (χ3n) is 4.81. The van der Waals surface area contributed by atoms with Crippen molar-refractivity contribution in [3.05, 3.63) is 91.0 Å². The summed E-state index contributed by atoms with van der Waals surface area (Å²) in [5, 5.41) is 3.83. The molecule has 5 heteroatoms. The van der Waals surface area contributed by atoms with Gasteiger partial charge in [-0.25, -0.2) is 0 Å². The van der Waals surface area contributed by atoms with E-state index < -0.39 is 25.9 Å². The normalized spacial score (nSPS) is 12.3. The second-order valence-electron chi connectivity index (χ2n) is 7.73. The monoisotopic (exact) mass is 408 g/mol.